The molecule has 4 heteroatoms. The van der Waals surface area contributed by atoms with Gasteiger partial charge in [0.15, 0.2) is 0 Å². The standard InChI is InChI=1S/C8H8FN3/c9-7-5-12-4-2-6(7)8(11)1-3-10/h2,4-5,8H,1,11H2. The first-order chi connectivity index (χ1) is 5.75. The molecule has 0 saturated heterocycles. The number of nitrogens with zero attached hydrogens (tertiary/aromatic N) is 2. The second kappa shape index (κ2) is 3.79. The molecule has 0 aliphatic rings. The smallest absolute Gasteiger partial charge is 0.146 e. The second-order valence-electron chi connectivity index (χ2n) is 2.37. The summed E-state index contributed by atoms with van der Waals surface area (Å²) in [4.78, 5) is 3.57. The molecule has 0 amide bonds. The van der Waals surface area contributed by atoms with E-state index in [4.69, 9.17) is 11.0 Å². The van der Waals surface area contributed by atoms with E-state index in [1.165, 1.54) is 12.3 Å². The van der Waals surface area contributed by atoms with E-state index in [0.29, 0.717) is 5.56 Å². The lowest BCUT2D eigenvalue weighted by Gasteiger charge is -2.07. The molecule has 2 N–H and O–H groups in total. The number of aromatic nitrogens is 1. The van der Waals surface area contributed by atoms with Gasteiger partial charge in [0.1, 0.15) is 5.82 Å². The molecule has 1 heterocycles. The Morgan fingerprint density at radius 3 is 3.08 bits per heavy atom. The van der Waals surface area contributed by atoms with Gasteiger partial charge in [-0.15, -0.1) is 0 Å². The molecule has 0 saturated carbocycles. The van der Waals surface area contributed by atoms with Crippen molar-refractivity contribution in [2.24, 2.45) is 5.73 Å². The van der Waals surface area contributed by atoms with Gasteiger partial charge in [-0.05, 0) is 6.07 Å². The minimum Gasteiger partial charge on any atom is -0.323 e. The van der Waals surface area contributed by atoms with Gasteiger partial charge in [0.05, 0.1) is 18.7 Å². The highest BCUT2D eigenvalue weighted by Crippen LogP contribution is 2.15. The van der Waals surface area contributed by atoms with E-state index in [1.807, 2.05) is 6.07 Å². The van der Waals surface area contributed by atoms with Crippen molar-refractivity contribution >= 4 is 0 Å². The molecule has 0 radical (unpaired) electrons. The quantitative estimate of drug-likeness (QED) is 0.714. The first kappa shape index (κ1) is 8.62. The van der Waals surface area contributed by atoms with Crippen LogP contribution in [0.1, 0.15) is 18.0 Å². The van der Waals surface area contributed by atoms with Gasteiger partial charge in [0, 0.05) is 17.8 Å². The SMILES string of the molecule is N#CCC(N)c1ccncc1F. The number of hydrogen-bond donors (Lipinski definition) is 1. The van der Waals surface area contributed by atoms with Gasteiger partial charge in [-0.1, -0.05) is 0 Å². The fraction of sp³-hybridized carbons (Fsp3) is 0.250. The topological polar surface area (TPSA) is 62.7 Å². The van der Waals surface area contributed by atoms with Crippen LogP contribution in [0.15, 0.2) is 18.5 Å². The molecule has 1 rings (SSSR count). The van der Waals surface area contributed by atoms with Crippen molar-refractivity contribution in [1.82, 2.24) is 4.98 Å². The minimum atomic E-state index is -0.557. The number of rotatable bonds is 2. The van der Waals surface area contributed by atoms with Crippen LogP contribution in [0, 0.1) is 17.1 Å². The van der Waals surface area contributed by atoms with Gasteiger partial charge in [-0.3, -0.25) is 4.98 Å². The lowest BCUT2D eigenvalue weighted by molar-refractivity contribution is 0.579. The summed E-state index contributed by atoms with van der Waals surface area (Å²) in [7, 11) is 0. The zero-order valence-corrected chi connectivity index (χ0v) is 6.37. The summed E-state index contributed by atoms with van der Waals surface area (Å²) >= 11 is 0. The predicted octanol–water partition coefficient (Wildman–Crippen LogP) is 1.13. The first-order valence-electron chi connectivity index (χ1n) is 3.47. The van der Waals surface area contributed by atoms with Crippen molar-refractivity contribution in [2.75, 3.05) is 0 Å². The normalized spacial score (nSPS) is 12.1. The van der Waals surface area contributed by atoms with Crippen LogP contribution in [0.25, 0.3) is 0 Å². The Hall–Kier alpha value is -1.47. The molecular weight excluding hydrogens is 157 g/mol. The third-order valence-corrected chi connectivity index (χ3v) is 1.51. The van der Waals surface area contributed by atoms with E-state index < -0.39 is 11.9 Å². The molecule has 0 bridgehead atoms. The predicted molar refractivity (Wildman–Crippen MR) is 41.4 cm³/mol. The molecule has 0 aliphatic heterocycles. The molecule has 1 unspecified atom stereocenters. The maximum Gasteiger partial charge on any atom is 0.146 e. The molecule has 1 atom stereocenters. The Bertz CT molecular complexity index is 305. The zero-order chi connectivity index (χ0) is 8.97. The van der Waals surface area contributed by atoms with Gasteiger partial charge < -0.3 is 5.73 Å². The van der Waals surface area contributed by atoms with Crippen LogP contribution >= 0.6 is 0 Å². The molecular formula is C8H8FN3. The summed E-state index contributed by atoms with van der Waals surface area (Å²) in [5.74, 6) is -0.458. The monoisotopic (exact) mass is 165 g/mol. The Morgan fingerprint density at radius 1 is 1.75 bits per heavy atom. The van der Waals surface area contributed by atoms with Gasteiger partial charge in [0.25, 0.3) is 0 Å². The number of hydrogen-bond acceptors (Lipinski definition) is 3. The molecule has 1 aromatic heterocycles. The van der Waals surface area contributed by atoms with E-state index in [0.717, 1.165) is 6.20 Å². The molecule has 1 aromatic rings. The van der Waals surface area contributed by atoms with Crippen molar-refractivity contribution in [3.05, 3.63) is 29.8 Å². The maximum absolute atomic E-state index is 12.9. The number of nitrogens with two attached hydrogens (primary N) is 1. The lowest BCUT2D eigenvalue weighted by atomic mass is 10.1. The third-order valence-electron chi connectivity index (χ3n) is 1.51. The van der Waals surface area contributed by atoms with Crippen LogP contribution in [0.4, 0.5) is 4.39 Å². The minimum absolute atomic E-state index is 0.112. The summed E-state index contributed by atoms with van der Waals surface area (Å²) in [5.41, 5.74) is 5.86. The van der Waals surface area contributed by atoms with Crippen LogP contribution in [0.3, 0.4) is 0 Å². The Balaban J connectivity index is 2.88. The largest absolute Gasteiger partial charge is 0.323 e. The van der Waals surface area contributed by atoms with Crippen molar-refractivity contribution in [3.63, 3.8) is 0 Å². The number of pyridine rings is 1. The van der Waals surface area contributed by atoms with E-state index in [2.05, 4.69) is 4.98 Å². The van der Waals surface area contributed by atoms with Crippen LogP contribution in [0.5, 0.6) is 0 Å². The fourth-order valence-corrected chi connectivity index (χ4v) is 0.895. The third kappa shape index (κ3) is 1.77. The molecule has 3 nitrogen and oxygen atoms in total. The van der Waals surface area contributed by atoms with Gasteiger partial charge in [-0.25, -0.2) is 4.39 Å². The summed E-state index contributed by atoms with van der Waals surface area (Å²) in [6.45, 7) is 0. The van der Waals surface area contributed by atoms with Crippen molar-refractivity contribution in [2.45, 2.75) is 12.5 Å². The van der Waals surface area contributed by atoms with Crippen molar-refractivity contribution in [1.29, 1.82) is 5.26 Å². The van der Waals surface area contributed by atoms with E-state index in [1.54, 1.807) is 0 Å². The number of nitriles is 1. The maximum atomic E-state index is 12.9. The molecule has 62 valence electrons. The Labute approximate surface area is 69.6 Å². The Morgan fingerprint density at radius 2 is 2.50 bits per heavy atom. The van der Waals surface area contributed by atoms with Crippen LogP contribution < -0.4 is 5.73 Å². The molecule has 0 aliphatic carbocycles. The van der Waals surface area contributed by atoms with Crippen LogP contribution in [-0.4, -0.2) is 4.98 Å². The fourth-order valence-electron chi connectivity index (χ4n) is 0.895. The van der Waals surface area contributed by atoms with Gasteiger partial charge in [0.2, 0.25) is 0 Å². The van der Waals surface area contributed by atoms with Crippen LogP contribution in [-0.2, 0) is 0 Å². The van der Waals surface area contributed by atoms with Crippen molar-refractivity contribution < 1.29 is 4.39 Å². The van der Waals surface area contributed by atoms with E-state index >= 15 is 0 Å². The zero-order valence-electron chi connectivity index (χ0n) is 6.37. The highest BCUT2D eigenvalue weighted by atomic mass is 19.1. The van der Waals surface area contributed by atoms with Gasteiger partial charge in [-0.2, -0.15) is 5.26 Å². The van der Waals surface area contributed by atoms with Gasteiger partial charge >= 0.3 is 0 Å². The van der Waals surface area contributed by atoms with E-state index in [9.17, 15) is 4.39 Å². The van der Waals surface area contributed by atoms with Crippen LogP contribution in [0.2, 0.25) is 0 Å². The Kier molecular flexibility index (Phi) is 2.72. The molecule has 0 aromatic carbocycles. The first-order valence-corrected chi connectivity index (χ1v) is 3.47. The summed E-state index contributed by atoms with van der Waals surface area (Å²) in [5, 5.41) is 8.32. The summed E-state index contributed by atoms with van der Waals surface area (Å²) in [6, 6.07) is 2.81. The van der Waals surface area contributed by atoms with E-state index in [-0.39, 0.29) is 6.42 Å². The average molecular weight is 165 g/mol. The summed E-state index contributed by atoms with van der Waals surface area (Å²) < 4.78 is 12.9. The highest BCUT2D eigenvalue weighted by Gasteiger charge is 2.09. The lowest BCUT2D eigenvalue weighted by Crippen LogP contribution is -2.11. The molecule has 0 spiro atoms. The van der Waals surface area contributed by atoms with Crippen molar-refractivity contribution in [3.8, 4) is 6.07 Å². The molecule has 0 fully saturated rings. The highest BCUT2D eigenvalue weighted by molar-refractivity contribution is 5.17. The second-order valence-corrected chi connectivity index (χ2v) is 2.37. The summed E-state index contributed by atoms with van der Waals surface area (Å²) in [6.07, 6.45) is 2.66. The molecule has 12 heavy (non-hydrogen) atoms. The number of halogens is 1. The average Bonchev–Trinajstić information content (AvgIpc) is 2.05.